The summed E-state index contributed by atoms with van der Waals surface area (Å²) in [4.78, 5) is 0. The first-order valence-electron chi connectivity index (χ1n) is 5.68. The van der Waals surface area contributed by atoms with Gasteiger partial charge in [-0.05, 0) is 29.8 Å². The van der Waals surface area contributed by atoms with Gasteiger partial charge in [0.05, 0.1) is 17.4 Å². The summed E-state index contributed by atoms with van der Waals surface area (Å²) in [6.07, 6.45) is 0. The molecule has 2 aromatic carbocycles. The van der Waals surface area contributed by atoms with Crippen LogP contribution in [0.3, 0.4) is 0 Å². The van der Waals surface area contributed by atoms with Crippen LogP contribution in [0.1, 0.15) is 11.6 Å². The topological polar surface area (TPSA) is 24.1 Å². The number of anilines is 2. The fraction of sp³-hybridized carbons (Fsp3) is 0.143. The predicted octanol–water partition coefficient (Wildman–Crippen LogP) is 3.40. The largest absolute Gasteiger partial charge is 0.381 e. The molecule has 0 saturated heterocycles. The SMILES string of the molecule is Fc1ccc(C2CNc3ccccc3N2)cc1. The summed E-state index contributed by atoms with van der Waals surface area (Å²) in [5.74, 6) is -0.196. The normalized spacial score (nSPS) is 17.8. The number of benzene rings is 2. The summed E-state index contributed by atoms with van der Waals surface area (Å²) >= 11 is 0. The Morgan fingerprint density at radius 2 is 1.65 bits per heavy atom. The van der Waals surface area contributed by atoms with E-state index >= 15 is 0 Å². The lowest BCUT2D eigenvalue weighted by molar-refractivity contribution is 0.626. The van der Waals surface area contributed by atoms with Crippen LogP contribution in [0.5, 0.6) is 0 Å². The zero-order valence-electron chi connectivity index (χ0n) is 9.28. The zero-order valence-corrected chi connectivity index (χ0v) is 9.28. The van der Waals surface area contributed by atoms with Crippen LogP contribution in [0.2, 0.25) is 0 Å². The fourth-order valence-corrected chi connectivity index (χ4v) is 2.11. The van der Waals surface area contributed by atoms with Gasteiger partial charge in [0.2, 0.25) is 0 Å². The Morgan fingerprint density at radius 1 is 0.941 bits per heavy atom. The highest BCUT2D eigenvalue weighted by Crippen LogP contribution is 2.30. The minimum atomic E-state index is -0.196. The molecular weight excluding hydrogens is 215 g/mol. The Bertz CT molecular complexity index is 522. The zero-order chi connectivity index (χ0) is 11.7. The van der Waals surface area contributed by atoms with Crippen molar-refractivity contribution in [2.75, 3.05) is 17.2 Å². The first kappa shape index (κ1) is 10.1. The second kappa shape index (κ2) is 4.09. The van der Waals surface area contributed by atoms with Gasteiger partial charge in [0.1, 0.15) is 5.82 Å². The van der Waals surface area contributed by atoms with Crippen LogP contribution in [0.4, 0.5) is 15.8 Å². The summed E-state index contributed by atoms with van der Waals surface area (Å²) in [6.45, 7) is 0.808. The number of fused-ring (bicyclic) bond motifs is 1. The van der Waals surface area contributed by atoms with E-state index in [-0.39, 0.29) is 11.9 Å². The average molecular weight is 228 g/mol. The number of rotatable bonds is 1. The molecule has 0 amide bonds. The molecule has 1 unspecified atom stereocenters. The maximum atomic E-state index is 12.9. The Hall–Kier alpha value is -2.03. The molecule has 1 heterocycles. The molecule has 2 nitrogen and oxygen atoms in total. The summed E-state index contributed by atoms with van der Waals surface area (Å²) in [5, 5.41) is 6.82. The lowest BCUT2D eigenvalue weighted by Gasteiger charge is -2.28. The van der Waals surface area contributed by atoms with Gasteiger partial charge in [-0.15, -0.1) is 0 Å². The molecule has 1 aliphatic rings. The summed E-state index contributed by atoms with van der Waals surface area (Å²) in [5.41, 5.74) is 3.30. The summed E-state index contributed by atoms with van der Waals surface area (Å²) < 4.78 is 12.9. The van der Waals surface area contributed by atoms with Crippen LogP contribution in [0.15, 0.2) is 48.5 Å². The molecule has 2 aromatic rings. The Balaban J connectivity index is 1.86. The van der Waals surface area contributed by atoms with Crippen molar-refractivity contribution >= 4 is 11.4 Å². The first-order chi connectivity index (χ1) is 8.33. The standard InChI is InChI=1S/C14H13FN2/c15-11-7-5-10(6-8-11)14-9-16-12-3-1-2-4-13(12)17-14/h1-8,14,16-17H,9H2. The first-order valence-corrected chi connectivity index (χ1v) is 5.68. The Morgan fingerprint density at radius 3 is 2.41 bits per heavy atom. The van der Waals surface area contributed by atoms with E-state index < -0.39 is 0 Å². The van der Waals surface area contributed by atoms with E-state index in [0.717, 1.165) is 23.5 Å². The van der Waals surface area contributed by atoms with Crippen LogP contribution in [0.25, 0.3) is 0 Å². The number of hydrogen-bond donors (Lipinski definition) is 2. The van der Waals surface area contributed by atoms with Gasteiger partial charge in [-0.2, -0.15) is 0 Å². The molecule has 0 fully saturated rings. The van der Waals surface area contributed by atoms with E-state index in [9.17, 15) is 4.39 Å². The highest BCUT2D eigenvalue weighted by molar-refractivity contribution is 5.71. The molecule has 0 aliphatic carbocycles. The number of nitrogens with one attached hydrogen (secondary N) is 2. The van der Waals surface area contributed by atoms with Crippen LogP contribution in [-0.2, 0) is 0 Å². The molecule has 0 aromatic heterocycles. The molecule has 2 N–H and O–H groups in total. The molecule has 1 atom stereocenters. The van der Waals surface area contributed by atoms with Crippen LogP contribution in [-0.4, -0.2) is 6.54 Å². The van der Waals surface area contributed by atoms with Gasteiger partial charge in [0.15, 0.2) is 0 Å². The van der Waals surface area contributed by atoms with Gasteiger partial charge < -0.3 is 10.6 Å². The summed E-state index contributed by atoms with van der Waals surface area (Å²) in [6, 6.07) is 14.9. The predicted molar refractivity (Wildman–Crippen MR) is 67.7 cm³/mol. The molecule has 0 spiro atoms. The molecule has 3 rings (SSSR count). The summed E-state index contributed by atoms with van der Waals surface area (Å²) in [7, 11) is 0. The monoisotopic (exact) mass is 228 g/mol. The van der Waals surface area contributed by atoms with E-state index in [0.29, 0.717) is 0 Å². The minimum absolute atomic E-state index is 0.186. The Kier molecular flexibility index (Phi) is 2.44. The van der Waals surface area contributed by atoms with E-state index in [1.807, 2.05) is 36.4 Å². The Labute approximate surface area is 99.5 Å². The van der Waals surface area contributed by atoms with Crippen molar-refractivity contribution in [3.63, 3.8) is 0 Å². The van der Waals surface area contributed by atoms with E-state index in [1.54, 1.807) is 0 Å². The quantitative estimate of drug-likeness (QED) is 0.781. The third-order valence-electron chi connectivity index (χ3n) is 3.03. The van der Waals surface area contributed by atoms with Crippen molar-refractivity contribution in [3.05, 3.63) is 59.9 Å². The molecule has 0 bridgehead atoms. The molecule has 0 radical (unpaired) electrons. The van der Waals surface area contributed by atoms with Crippen molar-refractivity contribution in [2.45, 2.75) is 6.04 Å². The van der Waals surface area contributed by atoms with Crippen LogP contribution in [0, 0.1) is 5.82 Å². The van der Waals surface area contributed by atoms with Gasteiger partial charge >= 0.3 is 0 Å². The van der Waals surface area contributed by atoms with Crippen molar-refractivity contribution in [1.82, 2.24) is 0 Å². The van der Waals surface area contributed by atoms with Gasteiger partial charge in [-0.1, -0.05) is 24.3 Å². The molecule has 86 valence electrons. The maximum absolute atomic E-state index is 12.9. The van der Waals surface area contributed by atoms with E-state index in [4.69, 9.17) is 0 Å². The van der Waals surface area contributed by atoms with Crippen molar-refractivity contribution < 1.29 is 4.39 Å². The second-order valence-electron chi connectivity index (χ2n) is 4.17. The van der Waals surface area contributed by atoms with Gasteiger partial charge in [0.25, 0.3) is 0 Å². The molecule has 17 heavy (non-hydrogen) atoms. The van der Waals surface area contributed by atoms with Gasteiger partial charge in [0, 0.05) is 6.54 Å². The van der Waals surface area contributed by atoms with Crippen molar-refractivity contribution in [1.29, 1.82) is 0 Å². The number of para-hydroxylation sites is 2. The average Bonchev–Trinajstić information content (AvgIpc) is 2.39. The lowest BCUT2D eigenvalue weighted by Crippen LogP contribution is -2.25. The molecule has 3 heteroatoms. The fourth-order valence-electron chi connectivity index (χ4n) is 2.11. The molecule has 0 saturated carbocycles. The lowest BCUT2D eigenvalue weighted by atomic mass is 10.0. The number of hydrogen-bond acceptors (Lipinski definition) is 2. The second-order valence-corrected chi connectivity index (χ2v) is 4.17. The van der Waals surface area contributed by atoms with E-state index in [2.05, 4.69) is 10.6 Å². The van der Waals surface area contributed by atoms with Crippen molar-refractivity contribution in [2.24, 2.45) is 0 Å². The van der Waals surface area contributed by atoms with Crippen LogP contribution < -0.4 is 10.6 Å². The van der Waals surface area contributed by atoms with Crippen molar-refractivity contribution in [3.8, 4) is 0 Å². The van der Waals surface area contributed by atoms with E-state index in [1.165, 1.54) is 12.1 Å². The van der Waals surface area contributed by atoms with Gasteiger partial charge in [-0.3, -0.25) is 0 Å². The highest BCUT2D eigenvalue weighted by atomic mass is 19.1. The molecular formula is C14H13FN2. The van der Waals surface area contributed by atoms with Crippen LogP contribution >= 0.6 is 0 Å². The number of halogens is 1. The minimum Gasteiger partial charge on any atom is -0.381 e. The third-order valence-corrected chi connectivity index (χ3v) is 3.03. The highest BCUT2D eigenvalue weighted by Gasteiger charge is 2.17. The maximum Gasteiger partial charge on any atom is 0.123 e. The smallest absolute Gasteiger partial charge is 0.123 e. The third kappa shape index (κ3) is 1.96. The molecule has 1 aliphatic heterocycles. The van der Waals surface area contributed by atoms with Gasteiger partial charge in [-0.25, -0.2) is 4.39 Å².